The van der Waals surface area contributed by atoms with Crippen LogP contribution in [-0.4, -0.2) is 26.5 Å². The van der Waals surface area contributed by atoms with Crippen molar-refractivity contribution in [1.82, 2.24) is 25.9 Å². The zero-order chi connectivity index (χ0) is 15.4. The maximum atomic E-state index is 12.7. The van der Waals surface area contributed by atoms with E-state index >= 15 is 0 Å². The molecular weight excluding hydrogens is 278 g/mol. The molecule has 1 aliphatic carbocycles. The molecule has 6 heteroatoms. The van der Waals surface area contributed by atoms with Crippen LogP contribution in [0.1, 0.15) is 42.6 Å². The minimum Gasteiger partial charge on any atom is -0.351 e. The van der Waals surface area contributed by atoms with Gasteiger partial charge in [-0.3, -0.25) is 4.79 Å². The van der Waals surface area contributed by atoms with Gasteiger partial charge in [-0.05, 0) is 30.5 Å². The number of hydrogen-bond donors (Lipinski definition) is 2. The lowest BCUT2D eigenvalue weighted by Gasteiger charge is -2.23. The Morgan fingerprint density at radius 1 is 1.32 bits per heavy atom. The summed E-state index contributed by atoms with van der Waals surface area (Å²) in [5.41, 5.74) is 1.19. The van der Waals surface area contributed by atoms with Gasteiger partial charge in [0, 0.05) is 12.1 Å². The van der Waals surface area contributed by atoms with Gasteiger partial charge in [-0.1, -0.05) is 36.1 Å². The summed E-state index contributed by atoms with van der Waals surface area (Å²) >= 11 is 0. The average Bonchev–Trinajstić information content (AvgIpc) is 3.24. The smallest absolute Gasteiger partial charge is 0.234 e. The van der Waals surface area contributed by atoms with Crippen LogP contribution in [0.15, 0.2) is 24.3 Å². The van der Waals surface area contributed by atoms with Crippen LogP contribution in [0.2, 0.25) is 0 Å². The molecule has 1 fully saturated rings. The van der Waals surface area contributed by atoms with Gasteiger partial charge in [0.1, 0.15) is 5.41 Å². The molecule has 1 saturated carbocycles. The van der Waals surface area contributed by atoms with E-state index in [4.69, 9.17) is 6.42 Å². The number of terminal acetylenes is 1. The number of carbonyl (C=O) groups is 1. The molecule has 1 aromatic carbocycles. The normalized spacial score (nSPS) is 16.1. The van der Waals surface area contributed by atoms with Crippen molar-refractivity contribution in [2.45, 2.75) is 37.6 Å². The van der Waals surface area contributed by atoms with Gasteiger partial charge < -0.3 is 5.32 Å². The molecule has 1 heterocycles. The first kappa shape index (κ1) is 14.3. The van der Waals surface area contributed by atoms with Crippen molar-refractivity contribution in [1.29, 1.82) is 0 Å². The van der Waals surface area contributed by atoms with Gasteiger partial charge >= 0.3 is 0 Å². The van der Waals surface area contributed by atoms with Crippen molar-refractivity contribution in [3.63, 3.8) is 0 Å². The topological polar surface area (TPSA) is 83.6 Å². The van der Waals surface area contributed by atoms with Crippen LogP contribution >= 0.6 is 0 Å². The molecule has 1 aliphatic rings. The van der Waals surface area contributed by atoms with Crippen molar-refractivity contribution in [3.05, 3.63) is 41.2 Å². The molecule has 112 valence electrons. The Morgan fingerprint density at radius 2 is 2.05 bits per heavy atom. The second-order valence-electron chi connectivity index (χ2n) is 5.55. The molecule has 22 heavy (non-hydrogen) atoms. The predicted molar refractivity (Wildman–Crippen MR) is 80.5 cm³/mol. The highest BCUT2D eigenvalue weighted by Crippen LogP contribution is 2.39. The quantitative estimate of drug-likeness (QED) is 0.833. The fourth-order valence-electron chi connectivity index (χ4n) is 2.97. The molecule has 0 bridgehead atoms. The number of nitrogens with zero attached hydrogens (tertiary/aromatic N) is 3. The fourth-order valence-corrected chi connectivity index (χ4v) is 2.97. The van der Waals surface area contributed by atoms with E-state index in [0.29, 0.717) is 12.4 Å². The van der Waals surface area contributed by atoms with Gasteiger partial charge in [0.15, 0.2) is 5.82 Å². The van der Waals surface area contributed by atoms with Gasteiger partial charge in [0.2, 0.25) is 5.91 Å². The summed E-state index contributed by atoms with van der Waals surface area (Å²) in [6.45, 7) is 0.462. The van der Waals surface area contributed by atoms with E-state index in [2.05, 4.69) is 31.9 Å². The molecule has 0 saturated heterocycles. The first-order valence-corrected chi connectivity index (χ1v) is 7.32. The molecule has 0 spiro atoms. The Labute approximate surface area is 128 Å². The predicted octanol–water partition coefficient (Wildman–Crippen LogP) is 1.31. The molecule has 2 N–H and O–H groups in total. The second-order valence-corrected chi connectivity index (χ2v) is 5.55. The number of hydrogen-bond acceptors (Lipinski definition) is 4. The highest BCUT2D eigenvalue weighted by Gasteiger charge is 2.46. The van der Waals surface area contributed by atoms with Crippen LogP contribution in [0, 0.1) is 12.3 Å². The van der Waals surface area contributed by atoms with Crippen LogP contribution < -0.4 is 5.32 Å². The lowest BCUT2D eigenvalue weighted by Crippen LogP contribution is -2.43. The van der Waals surface area contributed by atoms with E-state index in [-0.39, 0.29) is 5.91 Å². The lowest BCUT2D eigenvalue weighted by atomic mass is 9.84. The van der Waals surface area contributed by atoms with Crippen molar-refractivity contribution in [2.75, 3.05) is 0 Å². The molecule has 1 amide bonds. The van der Waals surface area contributed by atoms with E-state index in [1.807, 2.05) is 24.3 Å². The number of aromatic nitrogens is 4. The van der Waals surface area contributed by atoms with Gasteiger partial charge in [0.25, 0.3) is 0 Å². The maximum absolute atomic E-state index is 12.7. The third-order valence-corrected chi connectivity index (χ3v) is 4.24. The number of tetrazole rings is 1. The largest absolute Gasteiger partial charge is 0.351 e. The Morgan fingerprint density at radius 3 is 2.64 bits per heavy atom. The zero-order valence-corrected chi connectivity index (χ0v) is 12.2. The monoisotopic (exact) mass is 295 g/mol. The minimum atomic E-state index is -0.647. The van der Waals surface area contributed by atoms with Crippen LogP contribution in [-0.2, 0) is 16.8 Å². The van der Waals surface area contributed by atoms with Crippen molar-refractivity contribution >= 4 is 5.91 Å². The van der Waals surface area contributed by atoms with Gasteiger partial charge in [-0.15, -0.1) is 16.6 Å². The first-order chi connectivity index (χ1) is 10.7. The number of nitrogens with one attached hydrogen (secondary N) is 2. The number of carbonyl (C=O) groups excluding carboxylic acids is 1. The molecule has 6 nitrogen and oxygen atoms in total. The number of H-pyrrole nitrogens is 1. The molecule has 1 aromatic heterocycles. The highest BCUT2D eigenvalue weighted by atomic mass is 16.2. The summed E-state index contributed by atoms with van der Waals surface area (Å²) in [7, 11) is 0. The Hall–Kier alpha value is -2.68. The summed E-state index contributed by atoms with van der Waals surface area (Å²) in [5, 5.41) is 17.1. The van der Waals surface area contributed by atoms with Crippen LogP contribution in [0.3, 0.4) is 0 Å². The summed E-state index contributed by atoms with van der Waals surface area (Å²) in [6, 6.07) is 7.58. The van der Waals surface area contributed by atoms with E-state index in [9.17, 15) is 4.79 Å². The molecule has 3 rings (SSSR count). The number of benzene rings is 1. The first-order valence-electron chi connectivity index (χ1n) is 7.32. The summed E-state index contributed by atoms with van der Waals surface area (Å²) in [6.07, 6.45) is 8.85. The average molecular weight is 295 g/mol. The molecule has 0 unspecified atom stereocenters. The number of aromatic amines is 1. The zero-order valence-electron chi connectivity index (χ0n) is 12.2. The SMILES string of the molecule is C#Cc1ccc(CNC(=O)C2(c3nn[nH]n3)CCCC2)cc1. The molecule has 0 aliphatic heterocycles. The van der Waals surface area contributed by atoms with Crippen LogP contribution in [0.25, 0.3) is 0 Å². The highest BCUT2D eigenvalue weighted by molar-refractivity contribution is 5.87. The van der Waals surface area contributed by atoms with Crippen molar-refractivity contribution < 1.29 is 4.79 Å². The van der Waals surface area contributed by atoms with Gasteiger partial charge in [-0.25, -0.2) is 0 Å². The second kappa shape index (κ2) is 5.98. The standard InChI is InChI=1S/C16H17N5O/c1-2-12-5-7-13(8-6-12)11-17-15(22)16(9-3-4-10-16)14-18-20-21-19-14/h1,5-8H,3-4,9-11H2,(H,17,22)(H,18,19,20,21). The van der Waals surface area contributed by atoms with Crippen molar-refractivity contribution in [3.8, 4) is 12.3 Å². The molecular formula is C16H17N5O. The summed E-state index contributed by atoms with van der Waals surface area (Å²) in [5.74, 6) is 3.03. The lowest BCUT2D eigenvalue weighted by molar-refractivity contribution is -0.127. The molecule has 2 aromatic rings. The summed E-state index contributed by atoms with van der Waals surface area (Å²) < 4.78 is 0. The van der Waals surface area contributed by atoms with Gasteiger partial charge in [-0.2, -0.15) is 5.21 Å². The van der Waals surface area contributed by atoms with Gasteiger partial charge in [0.05, 0.1) is 0 Å². The Bertz CT molecular complexity index is 678. The third-order valence-electron chi connectivity index (χ3n) is 4.24. The number of amides is 1. The summed E-state index contributed by atoms with van der Waals surface area (Å²) in [4.78, 5) is 12.7. The number of rotatable bonds is 4. The van der Waals surface area contributed by atoms with E-state index in [1.165, 1.54) is 0 Å². The third kappa shape index (κ3) is 2.58. The minimum absolute atomic E-state index is 0.0348. The molecule has 0 radical (unpaired) electrons. The van der Waals surface area contributed by atoms with Crippen molar-refractivity contribution in [2.24, 2.45) is 0 Å². The van der Waals surface area contributed by atoms with E-state index < -0.39 is 5.41 Å². The Balaban J connectivity index is 1.71. The van der Waals surface area contributed by atoms with E-state index in [0.717, 1.165) is 36.8 Å². The maximum Gasteiger partial charge on any atom is 0.234 e. The Kier molecular flexibility index (Phi) is 3.88. The van der Waals surface area contributed by atoms with E-state index in [1.54, 1.807) is 0 Å². The molecule has 0 atom stereocenters. The van der Waals surface area contributed by atoms with Crippen LogP contribution in [0.5, 0.6) is 0 Å². The van der Waals surface area contributed by atoms with Crippen LogP contribution in [0.4, 0.5) is 0 Å². The fraction of sp³-hybridized carbons (Fsp3) is 0.375.